The average molecular weight is 339 g/mol. The van der Waals surface area contributed by atoms with Crippen molar-refractivity contribution in [3.8, 4) is 5.75 Å². The zero-order valence-corrected chi connectivity index (χ0v) is 12.7. The van der Waals surface area contributed by atoms with E-state index in [2.05, 4.69) is 15.9 Å². The molecule has 0 fully saturated rings. The van der Waals surface area contributed by atoms with Gasteiger partial charge >= 0.3 is 0 Å². The van der Waals surface area contributed by atoms with Crippen molar-refractivity contribution in [3.63, 3.8) is 0 Å². The van der Waals surface area contributed by atoms with Crippen molar-refractivity contribution in [2.45, 2.75) is 18.9 Å². The van der Waals surface area contributed by atoms with Gasteiger partial charge in [0.1, 0.15) is 11.6 Å². The summed E-state index contributed by atoms with van der Waals surface area (Å²) >= 11 is 3.31. The van der Waals surface area contributed by atoms with Gasteiger partial charge < -0.3 is 9.84 Å². The van der Waals surface area contributed by atoms with Crippen molar-refractivity contribution >= 4 is 15.9 Å². The lowest BCUT2D eigenvalue weighted by atomic mass is 10.0. The molecule has 2 aromatic rings. The van der Waals surface area contributed by atoms with Gasteiger partial charge in [-0.2, -0.15) is 0 Å². The van der Waals surface area contributed by atoms with Gasteiger partial charge in [-0.15, -0.1) is 0 Å². The minimum atomic E-state index is -0.509. The van der Waals surface area contributed by atoms with Gasteiger partial charge in [0, 0.05) is 4.47 Å². The second-order valence-corrected chi connectivity index (χ2v) is 5.50. The molecule has 1 N–H and O–H groups in total. The Kier molecular flexibility index (Phi) is 5.15. The van der Waals surface area contributed by atoms with Crippen molar-refractivity contribution in [1.29, 1.82) is 0 Å². The molecule has 0 heterocycles. The van der Waals surface area contributed by atoms with Crippen LogP contribution in [0.15, 0.2) is 46.9 Å². The van der Waals surface area contributed by atoms with Crippen LogP contribution in [0.25, 0.3) is 0 Å². The van der Waals surface area contributed by atoms with Gasteiger partial charge in [-0.25, -0.2) is 4.39 Å². The zero-order chi connectivity index (χ0) is 14.5. The summed E-state index contributed by atoms with van der Waals surface area (Å²) in [5.74, 6) is 0.509. The van der Waals surface area contributed by atoms with E-state index < -0.39 is 6.10 Å². The van der Waals surface area contributed by atoms with Gasteiger partial charge in [-0.05, 0) is 48.2 Å². The first-order valence-electron chi connectivity index (χ1n) is 6.33. The summed E-state index contributed by atoms with van der Waals surface area (Å²) in [6.45, 7) is 0. The summed E-state index contributed by atoms with van der Waals surface area (Å²) in [5.41, 5.74) is 1.93. The van der Waals surface area contributed by atoms with Crippen molar-refractivity contribution in [3.05, 3.63) is 63.9 Å². The van der Waals surface area contributed by atoms with Gasteiger partial charge in [-0.1, -0.05) is 34.1 Å². The Morgan fingerprint density at radius 2 is 1.85 bits per heavy atom. The third-order valence-electron chi connectivity index (χ3n) is 3.10. The lowest BCUT2D eigenvalue weighted by Crippen LogP contribution is -2.14. The van der Waals surface area contributed by atoms with Crippen LogP contribution in [0, 0.1) is 5.82 Å². The van der Waals surface area contributed by atoms with Crippen molar-refractivity contribution in [2.75, 3.05) is 7.11 Å². The second kappa shape index (κ2) is 6.86. The van der Waals surface area contributed by atoms with E-state index in [9.17, 15) is 9.50 Å². The number of rotatable bonds is 5. The lowest BCUT2D eigenvalue weighted by Gasteiger charge is -2.12. The molecule has 2 rings (SSSR count). The zero-order valence-electron chi connectivity index (χ0n) is 11.1. The molecule has 0 spiro atoms. The fourth-order valence-corrected chi connectivity index (χ4v) is 2.56. The molecular formula is C16H16BrFO2. The monoisotopic (exact) mass is 338 g/mol. The number of methoxy groups -OCH3 is 1. The van der Waals surface area contributed by atoms with Gasteiger partial charge in [0.05, 0.1) is 13.2 Å². The van der Waals surface area contributed by atoms with E-state index in [1.54, 1.807) is 13.2 Å². The molecule has 0 aromatic heterocycles. The Morgan fingerprint density at radius 3 is 2.45 bits per heavy atom. The molecule has 4 heteroatoms. The molecule has 0 bridgehead atoms. The Balaban J connectivity index is 1.99. The highest BCUT2D eigenvalue weighted by atomic mass is 79.9. The quantitative estimate of drug-likeness (QED) is 0.899. The first kappa shape index (κ1) is 15.0. The molecule has 2 aromatic carbocycles. The van der Waals surface area contributed by atoms with Gasteiger partial charge in [-0.3, -0.25) is 0 Å². The van der Waals surface area contributed by atoms with Crippen LogP contribution in [-0.4, -0.2) is 18.3 Å². The maximum absolute atomic E-state index is 13.0. The van der Waals surface area contributed by atoms with Crippen LogP contribution in [-0.2, 0) is 12.8 Å². The Bertz CT molecular complexity index is 569. The van der Waals surface area contributed by atoms with Crippen molar-refractivity contribution in [2.24, 2.45) is 0 Å². The first-order valence-corrected chi connectivity index (χ1v) is 7.12. The van der Waals surface area contributed by atoms with Gasteiger partial charge in [0.15, 0.2) is 0 Å². The maximum Gasteiger partial charge on any atom is 0.124 e. The fraction of sp³-hybridized carbons (Fsp3) is 0.250. The molecule has 1 unspecified atom stereocenters. The topological polar surface area (TPSA) is 29.5 Å². The Hall–Kier alpha value is -1.39. The summed E-state index contributed by atoms with van der Waals surface area (Å²) in [5, 5.41) is 10.1. The van der Waals surface area contributed by atoms with E-state index in [0.29, 0.717) is 17.3 Å². The molecule has 0 aliphatic carbocycles. The number of hydrogen-bond donors (Lipinski definition) is 1. The minimum absolute atomic E-state index is 0.287. The van der Waals surface area contributed by atoms with E-state index in [1.807, 2.05) is 24.3 Å². The summed E-state index contributed by atoms with van der Waals surface area (Å²) in [6, 6.07) is 12.1. The van der Waals surface area contributed by atoms with E-state index in [-0.39, 0.29) is 5.82 Å². The number of aliphatic hydroxyl groups excluding tert-OH is 1. The normalized spacial score (nSPS) is 12.2. The SMILES string of the molecule is COc1ccc(CC(O)Cc2ccc(F)cc2Br)cc1. The summed E-state index contributed by atoms with van der Waals surface area (Å²) in [6.07, 6.45) is 0.519. The number of hydrogen-bond acceptors (Lipinski definition) is 2. The fourth-order valence-electron chi connectivity index (χ4n) is 2.05. The molecule has 0 radical (unpaired) electrons. The maximum atomic E-state index is 13.0. The highest BCUT2D eigenvalue weighted by Crippen LogP contribution is 2.21. The third kappa shape index (κ3) is 4.05. The minimum Gasteiger partial charge on any atom is -0.497 e. The summed E-state index contributed by atoms with van der Waals surface area (Å²) < 4.78 is 18.8. The summed E-state index contributed by atoms with van der Waals surface area (Å²) in [7, 11) is 1.62. The van der Waals surface area contributed by atoms with Crippen LogP contribution < -0.4 is 4.74 Å². The smallest absolute Gasteiger partial charge is 0.124 e. The highest BCUT2D eigenvalue weighted by molar-refractivity contribution is 9.10. The number of aliphatic hydroxyl groups is 1. The molecule has 0 amide bonds. The Labute approximate surface area is 126 Å². The first-order chi connectivity index (χ1) is 9.58. The van der Waals surface area contributed by atoms with Gasteiger partial charge in [0.2, 0.25) is 0 Å². The standard InChI is InChI=1S/C16H16BrFO2/c1-20-15-6-2-11(3-7-15)8-14(19)9-12-4-5-13(18)10-16(12)17/h2-7,10,14,19H,8-9H2,1H3. The van der Waals surface area contributed by atoms with Crippen LogP contribution in [0.1, 0.15) is 11.1 Å². The molecule has 20 heavy (non-hydrogen) atoms. The van der Waals surface area contributed by atoms with Gasteiger partial charge in [0.25, 0.3) is 0 Å². The average Bonchev–Trinajstić information content (AvgIpc) is 2.43. The van der Waals surface area contributed by atoms with E-state index >= 15 is 0 Å². The largest absolute Gasteiger partial charge is 0.497 e. The Morgan fingerprint density at radius 1 is 1.15 bits per heavy atom. The molecule has 0 saturated heterocycles. The number of ether oxygens (including phenoxy) is 1. The van der Waals surface area contributed by atoms with E-state index in [1.165, 1.54) is 12.1 Å². The third-order valence-corrected chi connectivity index (χ3v) is 3.84. The molecule has 106 valence electrons. The molecule has 0 aliphatic heterocycles. The van der Waals surface area contributed by atoms with Crippen LogP contribution in [0.2, 0.25) is 0 Å². The van der Waals surface area contributed by atoms with Crippen molar-refractivity contribution < 1.29 is 14.2 Å². The highest BCUT2D eigenvalue weighted by Gasteiger charge is 2.10. The van der Waals surface area contributed by atoms with Crippen LogP contribution in [0.4, 0.5) is 4.39 Å². The predicted molar refractivity (Wildman–Crippen MR) is 80.5 cm³/mol. The molecule has 0 aliphatic rings. The molecule has 2 nitrogen and oxygen atoms in total. The summed E-state index contributed by atoms with van der Waals surface area (Å²) in [4.78, 5) is 0. The van der Waals surface area contributed by atoms with Crippen LogP contribution >= 0.6 is 15.9 Å². The van der Waals surface area contributed by atoms with E-state index in [0.717, 1.165) is 16.9 Å². The van der Waals surface area contributed by atoms with Crippen LogP contribution in [0.5, 0.6) is 5.75 Å². The van der Waals surface area contributed by atoms with Crippen molar-refractivity contribution in [1.82, 2.24) is 0 Å². The molecular weight excluding hydrogens is 323 g/mol. The molecule has 0 saturated carbocycles. The number of benzene rings is 2. The molecule has 1 atom stereocenters. The second-order valence-electron chi connectivity index (χ2n) is 4.65. The number of halogens is 2. The lowest BCUT2D eigenvalue weighted by molar-refractivity contribution is 0.175. The predicted octanol–water partition coefficient (Wildman–Crippen LogP) is 3.74. The van der Waals surface area contributed by atoms with E-state index in [4.69, 9.17) is 4.74 Å². The van der Waals surface area contributed by atoms with Crippen LogP contribution in [0.3, 0.4) is 0 Å².